The first-order valence-corrected chi connectivity index (χ1v) is 6.21. The highest BCUT2D eigenvalue weighted by Gasteiger charge is 2.19. The van der Waals surface area contributed by atoms with Crippen molar-refractivity contribution < 1.29 is 5.11 Å². The van der Waals surface area contributed by atoms with E-state index in [2.05, 4.69) is 20.2 Å². The summed E-state index contributed by atoms with van der Waals surface area (Å²) in [6.07, 6.45) is 1.67. The summed E-state index contributed by atoms with van der Waals surface area (Å²) in [6, 6.07) is 1.95. The number of nitrogens with zero attached hydrogens (tertiary/aromatic N) is 3. The summed E-state index contributed by atoms with van der Waals surface area (Å²) in [5, 5.41) is 12.9. The first-order valence-electron chi connectivity index (χ1n) is 6.21. The average Bonchev–Trinajstić information content (AvgIpc) is 2.28. The van der Waals surface area contributed by atoms with E-state index in [1.807, 2.05) is 19.9 Å². The van der Waals surface area contributed by atoms with Crippen LogP contribution in [0.1, 0.15) is 25.6 Å². The SMILES string of the molecule is CCNc1cc(N2CCCC(O)C2)nc(C)n1. The lowest BCUT2D eigenvalue weighted by atomic mass is 10.1. The Morgan fingerprint density at radius 1 is 1.53 bits per heavy atom. The van der Waals surface area contributed by atoms with Gasteiger partial charge in [0.15, 0.2) is 0 Å². The minimum absolute atomic E-state index is 0.235. The number of aromatic nitrogens is 2. The molecule has 1 aliphatic heterocycles. The molecular formula is C12H20N4O. The molecule has 0 radical (unpaired) electrons. The second-order valence-corrected chi connectivity index (χ2v) is 4.43. The van der Waals surface area contributed by atoms with Crippen LogP contribution in [0.4, 0.5) is 11.6 Å². The fourth-order valence-corrected chi connectivity index (χ4v) is 2.15. The van der Waals surface area contributed by atoms with E-state index < -0.39 is 0 Å². The summed E-state index contributed by atoms with van der Waals surface area (Å²) in [5.41, 5.74) is 0. The van der Waals surface area contributed by atoms with Crippen molar-refractivity contribution in [3.8, 4) is 0 Å². The Hall–Kier alpha value is -1.36. The Balaban J connectivity index is 2.18. The van der Waals surface area contributed by atoms with Gasteiger partial charge in [-0.3, -0.25) is 0 Å². The van der Waals surface area contributed by atoms with Crippen molar-refractivity contribution in [3.63, 3.8) is 0 Å². The zero-order valence-corrected chi connectivity index (χ0v) is 10.5. The van der Waals surface area contributed by atoms with Crippen LogP contribution in [0.15, 0.2) is 6.07 Å². The Kier molecular flexibility index (Phi) is 3.78. The third kappa shape index (κ3) is 3.06. The second kappa shape index (κ2) is 5.31. The molecule has 0 aliphatic carbocycles. The molecule has 2 heterocycles. The van der Waals surface area contributed by atoms with Crippen LogP contribution in [0.25, 0.3) is 0 Å². The molecule has 2 N–H and O–H groups in total. The molecule has 94 valence electrons. The Morgan fingerprint density at radius 3 is 3.06 bits per heavy atom. The lowest BCUT2D eigenvalue weighted by molar-refractivity contribution is 0.154. The van der Waals surface area contributed by atoms with Gasteiger partial charge >= 0.3 is 0 Å². The third-order valence-corrected chi connectivity index (χ3v) is 2.90. The van der Waals surface area contributed by atoms with Crippen LogP contribution >= 0.6 is 0 Å². The summed E-state index contributed by atoms with van der Waals surface area (Å²) < 4.78 is 0. The molecule has 5 heteroatoms. The quantitative estimate of drug-likeness (QED) is 0.825. The minimum Gasteiger partial charge on any atom is -0.391 e. The predicted octanol–water partition coefficient (Wildman–Crippen LogP) is 1.18. The van der Waals surface area contributed by atoms with Gasteiger partial charge in [0, 0.05) is 25.7 Å². The van der Waals surface area contributed by atoms with Crippen molar-refractivity contribution in [2.24, 2.45) is 0 Å². The summed E-state index contributed by atoms with van der Waals surface area (Å²) in [7, 11) is 0. The highest BCUT2D eigenvalue weighted by atomic mass is 16.3. The molecular weight excluding hydrogens is 216 g/mol. The van der Waals surface area contributed by atoms with E-state index in [0.29, 0.717) is 6.54 Å². The van der Waals surface area contributed by atoms with Gasteiger partial charge in [-0.1, -0.05) is 0 Å². The van der Waals surface area contributed by atoms with Crippen molar-refractivity contribution in [3.05, 3.63) is 11.9 Å². The standard InChI is InChI=1S/C12H20N4O/c1-3-13-11-7-12(15-9(2)14-11)16-6-4-5-10(17)8-16/h7,10,17H,3-6,8H2,1-2H3,(H,13,14,15). The van der Waals surface area contributed by atoms with Gasteiger partial charge in [0.2, 0.25) is 0 Å². The summed E-state index contributed by atoms with van der Waals surface area (Å²) >= 11 is 0. The Morgan fingerprint density at radius 2 is 2.35 bits per heavy atom. The molecule has 0 spiro atoms. The fourth-order valence-electron chi connectivity index (χ4n) is 2.15. The van der Waals surface area contributed by atoms with E-state index in [1.54, 1.807) is 0 Å². The molecule has 0 bridgehead atoms. The highest BCUT2D eigenvalue weighted by molar-refractivity contribution is 5.49. The number of nitrogens with one attached hydrogen (secondary N) is 1. The molecule has 0 amide bonds. The number of rotatable bonds is 3. The van der Waals surface area contributed by atoms with E-state index in [9.17, 15) is 5.11 Å². The fraction of sp³-hybridized carbons (Fsp3) is 0.667. The molecule has 0 saturated carbocycles. The van der Waals surface area contributed by atoms with Crippen molar-refractivity contribution in [2.75, 3.05) is 29.9 Å². The number of aliphatic hydroxyl groups excluding tert-OH is 1. The number of aliphatic hydroxyl groups is 1. The first-order chi connectivity index (χ1) is 8.19. The van der Waals surface area contributed by atoms with Crippen molar-refractivity contribution in [2.45, 2.75) is 32.8 Å². The number of piperidine rings is 1. The van der Waals surface area contributed by atoms with Crippen molar-refractivity contribution in [1.82, 2.24) is 9.97 Å². The zero-order chi connectivity index (χ0) is 12.3. The minimum atomic E-state index is -0.235. The lowest BCUT2D eigenvalue weighted by Crippen LogP contribution is -2.38. The summed E-state index contributed by atoms with van der Waals surface area (Å²) in [5.74, 6) is 2.53. The molecule has 1 saturated heterocycles. The average molecular weight is 236 g/mol. The summed E-state index contributed by atoms with van der Waals surface area (Å²) in [4.78, 5) is 10.9. The van der Waals surface area contributed by atoms with Crippen molar-refractivity contribution >= 4 is 11.6 Å². The van der Waals surface area contributed by atoms with Crippen LogP contribution in [0.3, 0.4) is 0 Å². The van der Waals surface area contributed by atoms with Crippen LogP contribution in [-0.4, -0.2) is 40.8 Å². The van der Waals surface area contributed by atoms with Gasteiger partial charge < -0.3 is 15.3 Å². The van der Waals surface area contributed by atoms with Gasteiger partial charge in [-0.15, -0.1) is 0 Å². The molecule has 2 rings (SSSR count). The van der Waals surface area contributed by atoms with Gasteiger partial charge in [-0.05, 0) is 26.7 Å². The zero-order valence-electron chi connectivity index (χ0n) is 10.5. The van der Waals surface area contributed by atoms with Crippen LogP contribution in [-0.2, 0) is 0 Å². The summed E-state index contributed by atoms with van der Waals surface area (Å²) in [6.45, 7) is 6.41. The van der Waals surface area contributed by atoms with E-state index in [-0.39, 0.29) is 6.10 Å². The first kappa shape index (κ1) is 12.1. The van der Waals surface area contributed by atoms with Gasteiger partial charge in [-0.25, -0.2) is 9.97 Å². The van der Waals surface area contributed by atoms with Crippen LogP contribution < -0.4 is 10.2 Å². The molecule has 1 unspecified atom stereocenters. The Labute approximate surface area is 102 Å². The normalized spacial score (nSPS) is 20.4. The smallest absolute Gasteiger partial charge is 0.134 e. The number of hydrogen-bond acceptors (Lipinski definition) is 5. The van der Waals surface area contributed by atoms with Crippen molar-refractivity contribution in [1.29, 1.82) is 0 Å². The van der Waals surface area contributed by atoms with E-state index in [1.165, 1.54) is 0 Å². The van der Waals surface area contributed by atoms with Gasteiger partial charge in [0.05, 0.1) is 6.10 Å². The Bertz CT molecular complexity index is 383. The molecule has 1 aromatic heterocycles. The molecule has 1 aromatic rings. The number of β-amino-alcohol motifs (C(OH)–C–C–N with tert-alkyl or cyclic N) is 1. The van der Waals surface area contributed by atoms with Gasteiger partial charge in [0.25, 0.3) is 0 Å². The second-order valence-electron chi connectivity index (χ2n) is 4.43. The van der Waals surface area contributed by atoms with Gasteiger partial charge in [0.1, 0.15) is 17.5 Å². The topological polar surface area (TPSA) is 61.3 Å². The van der Waals surface area contributed by atoms with Crippen LogP contribution in [0.5, 0.6) is 0 Å². The van der Waals surface area contributed by atoms with Crippen LogP contribution in [0, 0.1) is 6.92 Å². The molecule has 17 heavy (non-hydrogen) atoms. The molecule has 5 nitrogen and oxygen atoms in total. The molecule has 0 aromatic carbocycles. The number of aryl methyl sites for hydroxylation is 1. The predicted molar refractivity (Wildman–Crippen MR) is 68.4 cm³/mol. The maximum Gasteiger partial charge on any atom is 0.134 e. The largest absolute Gasteiger partial charge is 0.391 e. The highest BCUT2D eigenvalue weighted by Crippen LogP contribution is 2.20. The number of anilines is 2. The molecule has 1 fully saturated rings. The third-order valence-electron chi connectivity index (χ3n) is 2.90. The van der Waals surface area contributed by atoms with Crippen LogP contribution in [0.2, 0.25) is 0 Å². The maximum atomic E-state index is 9.68. The molecule has 1 aliphatic rings. The maximum absolute atomic E-state index is 9.68. The van der Waals surface area contributed by atoms with E-state index >= 15 is 0 Å². The lowest BCUT2D eigenvalue weighted by Gasteiger charge is -2.31. The number of hydrogen-bond donors (Lipinski definition) is 2. The van der Waals surface area contributed by atoms with E-state index in [0.717, 1.165) is 43.4 Å². The van der Waals surface area contributed by atoms with E-state index in [4.69, 9.17) is 0 Å². The molecule has 1 atom stereocenters. The monoisotopic (exact) mass is 236 g/mol. The van der Waals surface area contributed by atoms with Gasteiger partial charge in [-0.2, -0.15) is 0 Å².